The monoisotopic (exact) mass is 431 g/mol. The molecule has 30 heavy (non-hydrogen) atoms. The molecule has 3 heterocycles. The molecule has 0 bridgehead atoms. The fourth-order valence-corrected chi connectivity index (χ4v) is 4.28. The van der Waals surface area contributed by atoms with E-state index in [0.29, 0.717) is 38.7 Å². The molecule has 1 atom stereocenters. The Balaban J connectivity index is 1.34. The van der Waals surface area contributed by atoms with Crippen molar-refractivity contribution in [3.05, 3.63) is 53.1 Å². The van der Waals surface area contributed by atoms with Gasteiger partial charge in [-0.2, -0.15) is 0 Å². The summed E-state index contributed by atoms with van der Waals surface area (Å²) in [6.45, 7) is 3.25. The summed E-state index contributed by atoms with van der Waals surface area (Å²) in [6, 6.07) is 5.54. The largest absolute Gasteiger partial charge is 0.340 e. The van der Waals surface area contributed by atoms with Crippen molar-refractivity contribution in [3.8, 4) is 0 Å². The second kappa shape index (κ2) is 8.95. The van der Waals surface area contributed by atoms with E-state index in [1.807, 2.05) is 4.90 Å². The summed E-state index contributed by atoms with van der Waals surface area (Å²) in [7, 11) is 0. The van der Waals surface area contributed by atoms with Gasteiger partial charge < -0.3 is 14.7 Å². The Morgan fingerprint density at radius 2 is 1.73 bits per heavy atom. The van der Waals surface area contributed by atoms with Gasteiger partial charge in [0.05, 0.1) is 16.5 Å². The van der Waals surface area contributed by atoms with Crippen LogP contribution in [-0.2, 0) is 4.79 Å². The van der Waals surface area contributed by atoms with Crippen LogP contribution in [0.1, 0.15) is 23.2 Å². The molecule has 158 valence electrons. The van der Waals surface area contributed by atoms with Crippen molar-refractivity contribution >= 4 is 29.4 Å². The Morgan fingerprint density at radius 3 is 2.43 bits per heavy atom. The first-order valence-corrected chi connectivity index (χ1v) is 10.5. The molecule has 2 fully saturated rings. The molecule has 2 aliphatic rings. The molecule has 2 amide bonds. The number of hydrogen-bond acceptors (Lipinski definition) is 5. The Kier molecular flexibility index (Phi) is 6.13. The molecule has 1 unspecified atom stereocenters. The Morgan fingerprint density at radius 1 is 1.03 bits per heavy atom. The SMILES string of the molecule is O=C(c1ccc(F)cc1Cl)N1CCN(C(=O)C2CCCN(c3ncccn3)C2)CC1. The number of benzene rings is 1. The van der Waals surface area contributed by atoms with Gasteiger partial charge in [-0.25, -0.2) is 14.4 Å². The molecule has 0 N–H and O–H groups in total. The molecule has 0 aliphatic carbocycles. The van der Waals surface area contributed by atoms with Gasteiger partial charge in [-0.05, 0) is 37.1 Å². The first kappa shape index (κ1) is 20.5. The highest BCUT2D eigenvalue weighted by Crippen LogP contribution is 2.23. The number of carbonyl (C=O) groups excluding carboxylic acids is 2. The summed E-state index contributed by atoms with van der Waals surface area (Å²) in [5.74, 6) is -0.0490. The minimum atomic E-state index is -0.477. The lowest BCUT2D eigenvalue weighted by Gasteiger charge is -2.39. The van der Waals surface area contributed by atoms with Crippen LogP contribution in [0.15, 0.2) is 36.7 Å². The number of amides is 2. The Hall–Kier alpha value is -2.74. The summed E-state index contributed by atoms with van der Waals surface area (Å²) in [6.07, 6.45) is 5.16. The number of piperazine rings is 1. The third-order valence-electron chi connectivity index (χ3n) is 5.65. The van der Waals surface area contributed by atoms with Crippen molar-refractivity contribution in [1.82, 2.24) is 19.8 Å². The number of rotatable bonds is 3. The van der Waals surface area contributed by atoms with Crippen LogP contribution >= 0.6 is 11.6 Å². The summed E-state index contributed by atoms with van der Waals surface area (Å²) in [5.41, 5.74) is 0.281. The molecule has 0 radical (unpaired) electrons. The maximum atomic E-state index is 13.2. The van der Waals surface area contributed by atoms with Gasteiger partial charge in [0.25, 0.3) is 5.91 Å². The molecule has 2 aliphatic heterocycles. The van der Waals surface area contributed by atoms with E-state index in [1.165, 1.54) is 12.1 Å². The van der Waals surface area contributed by atoms with Crippen molar-refractivity contribution in [3.63, 3.8) is 0 Å². The number of anilines is 1. The van der Waals surface area contributed by atoms with E-state index in [-0.39, 0.29) is 28.3 Å². The van der Waals surface area contributed by atoms with Crippen LogP contribution in [0.25, 0.3) is 0 Å². The molecule has 0 saturated carbocycles. The molecule has 9 heteroatoms. The third-order valence-corrected chi connectivity index (χ3v) is 5.96. The summed E-state index contributed by atoms with van der Waals surface area (Å²) >= 11 is 6.02. The fraction of sp³-hybridized carbons (Fsp3) is 0.429. The number of carbonyl (C=O) groups is 2. The number of halogens is 2. The molecule has 1 aromatic carbocycles. The maximum Gasteiger partial charge on any atom is 0.255 e. The van der Waals surface area contributed by atoms with Gasteiger partial charge in [-0.1, -0.05) is 11.6 Å². The van der Waals surface area contributed by atoms with Crippen LogP contribution in [0.5, 0.6) is 0 Å². The van der Waals surface area contributed by atoms with E-state index in [4.69, 9.17) is 11.6 Å². The molecular formula is C21H23ClFN5O2. The molecule has 1 aromatic heterocycles. The van der Waals surface area contributed by atoms with Crippen LogP contribution in [0, 0.1) is 11.7 Å². The van der Waals surface area contributed by atoms with Crippen LogP contribution in [-0.4, -0.2) is 70.9 Å². The van der Waals surface area contributed by atoms with Crippen LogP contribution in [0.3, 0.4) is 0 Å². The van der Waals surface area contributed by atoms with Crippen molar-refractivity contribution in [2.75, 3.05) is 44.2 Å². The predicted octanol–water partition coefficient (Wildman–Crippen LogP) is 2.47. The van der Waals surface area contributed by atoms with E-state index in [9.17, 15) is 14.0 Å². The summed E-state index contributed by atoms with van der Waals surface area (Å²) < 4.78 is 13.2. The molecule has 2 aromatic rings. The molecule has 2 saturated heterocycles. The fourth-order valence-electron chi connectivity index (χ4n) is 4.04. The number of aromatic nitrogens is 2. The lowest BCUT2D eigenvalue weighted by atomic mass is 9.96. The van der Waals surface area contributed by atoms with Crippen molar-refractivity contribution in [1.29, 1.82) is 0 Å². The highest BCUT2D eigenvalue weighted by Gasteiger charge is 2.33. The molecule has 4 rings (SSSR count). The highest BCUT2D eigenvalue weighted by molar-refractivity contribution is 6.33. The number of nitrogens with zero attached hydrogens (tertiary/aromatic N) is 5. The minimum absolute atomic E-state index is 0.101. The van der Waals surface area contributed by atoms with Gasteiger partial charge >= 0.3 is 0 Å². The Bertz CT molecular complexity index is 921. The zero-order valence-electron chi connectivity index (χ0n) is 16.5. The third kappa shape index (κ3) is 4.38. The first-order chi connectivity index (χ1) is 14.5. The molecular weight excluding hydrogens is 409 g/mol. The zero-order chi connectivity index (χ0) is 21.1. The summed E-state index contributed by atoms with van der Waals surface area (Å²) in [5, 5.41) is 0.101. The van der Waals surface area contributed by atoms with Gasteiger partial charge in [0, 0.05) is 51.7 Å². The van der Waals surface area contributed by atoms with Gasteiger partial charge in [0.15, 0.2) is 0 Å². The van der Waals surface area contributed by atoms with Gasteiger partial charge in [0.2, 0.25) is 11.9 Å². The van der Waals surface area contributed by atoms with Crippen molar-refractivity contribution in [2.45, 2.75) is 12.8 Å². The maximum absolute atomic E-state index is 13.2. The standard InChI is InChI=1S/C21H23ClFN5O2/c22-18-13-16(23)4-5-17(18)20(30)27-11-9-26(10-12-27)19(29)15-3-1-8-28(14-15)21-24-6-2-7-25-21/h2,4-7,13,15H,1,3,8-12,14H2. The lowest BCUT2D eigenvalue weighted by molar-refractivity contribution is -0.137. The van der Waals surface area contributed by atoms with Crippen molar-refractivity contribution in [2.24, 2.45) is 5.92 Å². The average molecular weight is 432 g/mol. The normalized spacial score (nSPS) is 19.7. The second-order valence-electron chi connectivity index (χ2n) is 7.58. The van der Waals surface area contributed by atoms with Gasteiger partial charge in [-0.15, -0.1) is 0 Å². The van der Waals surface area contributed by atoms with E-state index in [0.717, 1.165) is 25.5 Å². The quantitative estimate of drug-likeness (QED) is 0.746. The first-order valence-electron chi connectivity index (χ1n) is 10.1. The zero-order valence-corrected chi connectivity index (χ0v) is 17.3. The lowest BCUT2D eigenvalue weighted by Crippen LogP contribution is -2.53. The predicted molar refractivity (Wildman–Crippen MR) is 111 cm³/mol. The molecule has 7 nitrogen and oxygen atoms in total. The average Bonchev–Trinajstić information content (AvgIpc) is 2.79. The number of hydrogen-bond donors (Lipinski definition) is 0. The topological polar surface area (TPSA) is 69.6 Å². The summed E-state index contributed by atoms with van der Waals surface area (Å²) in [4.78, 5) is 39.9. The minimum Gasteiger partial charge on any atom is -0.340 e. The van der Waals surface area contributed by atoms with Crippen LogP contribution < -0.4 is 4.90 Å². The van der Waals surface area contributed by atoms with E-state index < -0.39 is 5.82 Å². The van der Waals surface area contributed by atoms with Crippen molar-refractivity contribution < 1.29 is 14.0 Å². The highest BCUT2D eigenvalue weighted by atomic mass is 35.5. The molecule has 0 spiro atoms. The Labute approximate surface area is 179 Å². The smallest absolute Gasteiger partial charge is 0.255 e. The van der Waals surface area contributed by atoms with Gasteiger partial charge in [-0.3, -0.25) is 9.59 Å². The van der Waals surface area contributed by atoms with E-state index in [2.05, 4.69) is 14.9 Å². The van der Waals surface area contributed by atoms with E-state index >= 15 is 0 Å². The van der Waals surface area contributed by atoms with Crippen LogP contribution in [0.2, 0.25) is 5.02 Å². The number of piperidine rings is 1. The van der Waals surface area contributed by atoms with Crippen LogP contribution in [0.4, 0.5) is 10.3 Å². The van der Waals surface area contributed by atoms with E-state index in [1.54, 1.807) is 23.4 Å². The second-order valence-corrected chi connectivity index (χ2v) is 7.98. The van der Waals surface area contributed by atoms with Gasteiger partial charge in [0.1, 0.15) is 5.82 Å².